The molecular formula is C16H22N2O2. The molecule has 1 unspecified atom stereocenters. The van der Waals surface area contributed by atoms with Crippen LogP contribution in [0.1, 0.15) is 23.6 Å². The van der Waals surface area contributed by atoms with E-state index in [4.69, 9.17) is 4.74 Å². The molecule has 0 saturated carbocycles. The van der Waals surface area contributed by atoms with Crippen LogP contribution in [0.15, 0.2) is 36.9 Å². The number of amides is 1. The lowest BCUT2D eigenvalue weighted by Crippen LogP contribution is -2.42. The summed E-state index contributed by atoms with van der Waals surface area (Å²) in [6.45, 7) is 6.20. The van der Waals surface area contributed by atoms with Crippen molar-refractivity contribution in [3.8, 4) is 0 Å². The van der Waals surface area contributed by atoms with Crippen molar-refractivity contribution in [3.63, 3.8) is 0 Å². The van der Waals surface area contributed by atoms with Crippen LogP contribution in [0.25, 0.3) is 0 Å². The van der Waals surface area contributed by atoms with Crippen LogP contribution in [-0.4, -0.2) is 32.2 Å². The molecule has 1 amide bonds. The molecule has 1 aromatic rings. The summed E-state index contributed by atoms with van der Waals surface area (Å²) in [6, 6.07) is 7.87. The molecule has 2 N–H and O–H groups in total. The van der Waals surface area contributed by atoms with Crippen LogP contribution in [0, 0.1) is 0 Å². The van der Waals surface area contributed by atoms with Gasteiger partial charge in [0.15, 0.2) is 0 Å². The monoisotopic (exact) mass is 274 g/mol. The second kappa shape index (κ2) is 7.82. The maximum absolute atomic E-state index is 12.2. The third kappa shape index (κ3) is 3.92. The fourth-order valence-electron chi connectivity index (χ4n) is 2.36. The molecule has 0 bridgehead atoms. The maximum Gasteiger partial charge on any atom is 0.241 e. The van der Waals surface area contributed by atoms with E-state index in [9.17, 15) is 4.79 Å². The summed E-state index contributed by atoms with van der Waals surface area (Å²) in [5.74, 6) is 0.0180. The first-order valence-corrected chi connectivity index (χ1v) is 7.10. The van der Waals surface area contributed by atoms with Crippen molar-refractivity contribution in [2.45, 2.75) is 18.9 Å². The minimum Gasteiger partial charge on any atom is -0.379 e. The van der Waals surface area contributed by atoms with Crippen LogP contribution in [0.5, 0.6) is 0 Å². The second-order valence-corrected chi connectivity index (χ2v) is 4.82. The van der Waals surface area contributed by atoms with Crippen molar-refractivity contribution in [3.05, 3.63) is 48.0 Å². The van der Waals surface area contributed by atoms with Crippen LogP contribution in [0.2, 0.25) is 0 Å². The Hall–Kier alpha value is -1.65. The van der Waals surface area contributed by atoms with Gasteiger partial charge in [-0.1, -0.05) is 30.3 Å². The highest BCUT2D eigenvalue weighted by atomic mass is 16.5. The highest BCUT2D eigenvalue weighted by Crippen LogP contribution is 2.22. The first-order chi connectivity index (χ1) is 9.83. The van der Waals surface area contributed by atoms with Crippen LogP contribution in [0.3, 0.4) is 0 Å². The van der Waals surface area contributed by atoms with Gasteiger partial charge >= 0.3 is 0 Å². The summed E-state index contributed by atoms with van der Waals surface area (Å²) in [5, 5.41) is 6.19. The Morgan fingerprint density at radius 3 is 3.15 bits per heavy atom. The van der Waals surface area contributed by atoms with Gasteiger partial charge in [-0.25, -0.2) is 0 Å². The lowest BCUT2D eigenvalue weighted by atomic mass is 9.94. The summed E-state index contributed by atoms with van der Waals surface area (Å²) in [7, 11) is 0. The van der Waals surface area contributed by atoms with Crippen LogP contribution >= 0.6 is 0 Å². The molecule has 108 valence electrons. The maximum atomic E-state index is 12.2. The number of fused-ring (bicyclic) bond motifs is 1. The summed E-state index contributed by atoms with van der Waals surface area (Å²) in [5.41, 5.74) is 2.34. The van der Waals surface area contributed by atoms with Gasteiger partial charge in [-0.05, 0) is 24.0 Å². The van der Waals surface area contributed by atoms with Gasteiger partial charge in [0.25, 0.3) is 0 Å². The number of nitrogens with one attached hydrogen (secondary N) is 2. The van der Waals surface area contributed by atoms with E-state index in [2.05, 4.69) is 23.3 Å². The highest BCUT2D eigenvalue weighted by molar-refractivity contribution is 5.83. The molecule has 1 aliphatic heterocycles. The van der Waals surface area contributed by atoms with E-state index < -0.39 is 0 Å². The standard InChI is InChI=1S/C16H22N2O2/c1-2-3-11-20-12-10-18-16(19)15-14-7-5-4-6-13(14)8-9-17-15/h2,4-7,15,17H,1,3,8-12H2,(H,18,19). The smallest absolute Gasteiger partial charge is 0.241 e. The third-order valence-corrected chi connectivity index (χ3v) is 3.38. The second-order valence-electron chi connectivity index (χ2n) is 4.82. The molecule has 1 atom stereocenters. The largest absolute Gasteiger partial charge is 0.379 e. The molecule has 1 aliphatic rings. The average Bonchev–Trinajstić information content (AvgIpc) is 2.50. The van der Waals surface area contributed by atoms with Crippen LogP contribution in [-0.2, 0) is 16.0 Å². The Morgan fingerprint density at radius 1 is 1.45 bits per heavy atom. The Balaban J connectivity index is 1.80. The Morgan fingerprint density at radius 2 is 2.30 bits per heavy atom. The van der Waals surface area contributed by atoms with E-state index in [0.717, 1.165) is 24.9 Å². The van der Waals surface area contributed by atoms with E-state index in [1.807, 2.05) is 24.3 Å². The minimum atomic E-state index is -0.242. The molecule has 4 nitrogen and oxygen atoms in total. The highest BCUT2D eigenvalue weighted by Gasteiger charge is 2.25. The third-order valence-electron chi connectivity index (χ3n) is 3.38. The number of hydrogen-bond donors (Lipinski definition) is 2. The van der Waals surface area contributed by atoms with E-state index in [1.54, 1.807) is 0 Å². The van der Waals surface area contributed by atoms with Gasteiger partial charge in [-0.15, -0.1) is 6.58 Å². The summed E-state index contributed by atoms with van der Waals surface area (Å²) < 4.78 is 5.37. The quantitative estimate of drug-likeness (QED) is 0.586. The molecule has 0 aliphatic carbocycles. The number of benzene rings is 1. The fourth-order valence-corrected chi connectivity index (χ4v) is 2.36. The topological polar surface area (TPSA) is 50.4 Å². The molecule has 4 heteroatoms. The van der Waals surface area contributed by atoms with Gasteiger partial charge in [0.2, 0.25) is 5.91 Å². The number of carbonyl (C=O) groups is 1. The summed E-state index contributed by atoms with van der Waals surface area (Å²) in [4.78, 5) is 12.2. The Labute approximate surface area is 120 Å². The zero-order valence-corrected chi connectivity index (χ0v) is 11.7. The first kappa shape index (κ1) is 14.8. The molecule has 2 rings (SSSR count). The van der Waals surface area contributed by atoms with Crippen molar-refractivity contribution < 1.29 is 9.53 Å². The van der Waals surface area contributed by atoms with Crippen LogP contribution in [0.4, 0.5) is 0 Å². The normalized spacial score (nSPS) is 17.3. The van der Waals surface area contributed by atoms with E-state index in [-0.39, 0.29) is 11.9 Å². The zero-order valence-electron chi connectivity index (χ0n) is 11.7. The molecule has 1 aromatic carbocycles. The van der Waals surface area contributed by atoms with E-state index in [1.165, 1.54) is 5.56 Å². The number of carbonyl (C=O) groups excluding carboxylic acids is 1. The van der Waals surface area contributed by atoms with E-state index in [0.29, 0.717) is 19.8 Å². The zero-order chi connectivity index (χ0) is 14.2. The molecule has 1 heterocycles. The number of rotatable bonds is 7. The fraction of sp³-hybridized carbons (Fsp3) is 0.438. The molecular weight excluding hydrogens is 252 g/mol. The molecule has 0 radical (unpaired) electrons. The summed E-state index contributed by atoms with van der Waals surface area (Å²) >= 11 is 0. The minimum absolute atomic E-state index is 0.0180. The lowest BCUT2D eigenvalue weighted by molar-refractivity contribution is -0.123. The SMILES string of the molecule is C=CCCOCCNC(=O)C1NCCc2ccccc21. The van der Waals surface area contributed by atoms with Gasteiger partial charge in [-0.2, -0.15) is 0 Å². The van der Waals surface area contributed by atoms with Crippen molar-refractivity contribution in [1.82, 2.24) is 10.6 Å². The number of ether oxygens (including phenoxy) is 1. The van der Waals surface area contributed by atoms with Gasteiger partial charge in [0.05, 0.1) is 13.2 Å². The van der Waals surface area contributed by atoms with Crippen molar-refractivity contribution in [2.24, 2.45) is 0 Å². The Bertz CT molecular complexity index is 460. The van der Waals surface area contributed by atoms with Gasteiger partial charge < -0.3 is 15.4 Å². The molecule has 0 saturated heterocycles. The van der Waals surface area contributed by atoms with Crippen molar-refractivity contribution in [2.75, 3.05) is 26.3 Å². The molecule has 0 fully saturated rings. The predicted octanol–water partition coefficient (Wildman–Crippen LogP) is 1.58. The van der Waals surface area contributed by atoms with Gasteiger partial charge in [0.1, 0.15) is 6.04 Å². The molecule has 20 heavy (non-hydrogen) atoms. The first-order valence-electron chi connectivity index (χ1n) is 7.10. The van der Waals surface area contributed by atoms with Gasteiger partial charge in [0, 0.05) is 13.1 Å². The van der Waals surface area contributed by atoms with Crippen molar-refractivity contribution in [1.29, 1.82) is 0 Å². The molecule has 0 aromatic heterocycles. The molecule has 0 spiro atoms. The lowest BCUT2D eigenvalue weighted by Gasteiger charge is -2.26. The van der Waals surface area contributed by atoms with Crippen LogP contribution < -0.4 is 10.6 Å². The predicted molar refractivity (Wildman–Crippen MR) is 79.5 cm³/mol. The Kier molecular flexibility index (Phi) is 5.77. The van der Waals surface area contributed by atoms with Gasteiger partial charge in [-0.3, -0.25) is 4.79 Å². The number of hydrogen-bond acceptors (Lipinski definition) is 3. The summed E-state index contributed by atoms with van der Waals surface area (Å²) in [6.07, 6.45) is 3.64. The average molecular weight is 274 g/mol. The van der Waals surface area contributed by atoms with E-state index >= 15 is 0 Å². The van der Waals surface area contributed by atoms with Crippen molar-refractivity contribution >= 4 is 5.91 Å².